The lowest BCUT2D eigenvalue weighted by Crippen LogP contribution is -2.29. The maximum absolute atomic E-state index is 12.9. The third-order valence-electron chi connectivity index (χ3n) is 5.17. The molecule has 1 heterocycles. The summed E-state index contributed by atoms with van der Waals surface area (Å²) in [7, 11) is 1.62. The van der Waals surface area contributed by atoms with Crippen molar-refractivity contribution in [2.45, 2.75) is 25.8 Å². The van der Waals surface area contributed by atoms with Gasteiger partial charge in [0.1, 0.15) is 5.75 Å². The van der Waals surface area contributed by atoms with Crippen LogP contribution in [0.3, 0.4) is 0 Å². The molecule has 0 spiro atoms. The van der Waals surface area contributed by atoms with Crippen molar-refractivity contribution < 1.29 is 14.3 Å². The van der Waals surface area contributed by atoms with Gasteiger partial charge in [-0.1, -0.05) is 30.7 Å². The maximum atomic E-state index is 12.9. The van der Waals surface area contributed by atoms with E-state index >= 15 is 0 Å². The number of carbonyl (C=O) groups excluding carboxylic acids is 2. The van der Waals surface area contributed by atoms with Crippen LogP contribution in [0.15, 0.2) is 36.4 Å². The number of likely N-dealkylation sites (tertiary alicyclic amines) is 1. The third kappa shape index (κ3) is 2.76. The molecule has 2 aromatic carbocycles. The van der Waals surface area contributed by atoms with Gasteiger partial charge in [0.15, 0.2) is 11.6 Å². The fraction of sp³-hybridized carbons (Fsp3) is 0.333. The fourth-order valence-corrected chi connectivity index (χ4v) is 3.84. The minimum absolute atomic E-state index is 0.0762. The Hall–Kier alpha value is -2.46. The molecule has 0 aromatic heterocycles. The predicted molar refractivity (Wildman–Crippen MR) is 95.4 cm³/mol. The highest BCUT2D eigenvalue weighted by molar-refractivity contribution is 6.28. The highest BCUT2D eigenvalue weighted by Crippen LogP contribution is 2.33. The van der Waals surface area contributed by atoms with Gasteiger partial charge in [0.05, 0.1) is 7.11 Å². The van der Waals surface area contributed by atoms with Gasteiger partial charge in [-0.15, -0.1) is 0 Å². The van der Waals surface area contributed by atoms with Crippen molar-refractivity contribution in [3.63, 3.8) is 0 Å². The first-order valence-corrected chi connectivity index (χ1v) is 8.80. The molecule has 0 bridgehead atoms. The van der Waals surface area contributed by atoms with Crippen LogP contribution in [0.5, 0.6) is 5.75 Å². The van der Waals surface area contributed by atoms with Gasteiger partial charge in [-0.05, 0) is 38.1 Å². The van der Waals surface area contributed by atoms with Crippen LogP contribution >= 0.6 is 0 Å². The summed E-state index contributed by atoms with van der Waals surface area (Å²) in [4.78, 5) is 28.1. The molecular formula is C21H21NO3. The van der Waals surface area contributed by atoms with Gasteiger partial charge >= 0.3 is 0 Å². The van der Waals surface area contributed by atoms with Crippen molar-refractivity contribution >= 4 is 11.6 Å². The minimum Gasteiger partial charge on any atom is -0.496 e. The van der Waals surface area contributed by atoms with Crippen LogP contribution in [0.1, 0.15) is 56.7 Å². The highest BCUT2D eigenvalue weighted by Gasteiger charge is 2.31. The molecule has 128 valence electrons. The fourth-order valence-electron chi connectivity index (χ4n) is 3.84. The molecule has 0 amide bonds. The van der Waals surface area contributed by atoms with E-state index in [4.69, 9.17) is 4.74 Å². The number of methoxy groups -OCH3 is 1. The lowest BCUT2D eigenvalue weighted by Gasteiger charge is -2.28. The molecule has 2 aliphatic rings. The second kappa shape index (κ2) is 6.45. The second-order valence-corrected chi connectivity index (χ2v) is 6.75. The molecule has 2 aromatic rings. The number of hydrogen-bond donors (Lipinski definition) is 0. The Morgan fingerprint density at radius 1 is 0.880 bits per heavy atom. The van der Waals surface area contributed by atoms with Crippen LogP contribution in [-0.4, -0.2) is 36.7 Å². The van der Waals surface area contributed by atoms with Crippen molar-refractivity contribution in [2.24, 2.45) is 0 Å². The smallest absolute Gasteiger partial charge is 0.194 e. The topological polar surface area (TPSA) is 46.6 Å². The number of nitrogens with zero attached hydrogens (tertiary/aromatic N) is 1. The Kier molecular flexibility index (Phi) is 4.14. The first-order valence-electron chi connectivity index (χ1n) is 8.80. The average Bonchev–Trinajstić information content (AvgIpc) is 2.66. The molecule has 4 nitrogen and oxygen atoms in total. The van der Waals surface area contributed by atoms with E-state index in [1.807, 2.05) is 6.07 Å². The van der Waals surface area contributed by atoms with Crippen LogP contribution in [0.25, 0.3) is 0 Å². The summed E-state index contributed by atoms with van der Waals surface area (Å²) in [5.41, 5.74) is 2.89. The predicted octanol–water partition coefficient (Wildman–Crippen LogP) is 3.46. The van der Waals surface area contributed by atoms with Gasteiger partial charge in [-0.2, -0.15) is 0 Å². The number of benzene rings is 2. The molecule has 4 heteroatoms. The van der Waals surface area contributed by atoms with Crippen LogP contribution in [0, 0.1) is 0 Å². The van der Waals surface area contributed by atoms with Gasteiger partial charge in [0, 0.05) is 34.4 Å². The van der Waals surface area contributed by atoms with Gasteiger partial charge in [-0.3, -0.25) is 14.5 Å². The lowest BCUT2D eigenvalue weighted by molar-refractivity contribution is 0.0978. The molecule has 4 rings (SSSR count). The van der Waals surface area contributed by atoms with E-state index in [2.05, 4.69) is 4.90 Å². The van der Waals surface area contributed by atoms with Crippen LogP contribution < -0.4 is 4.74 Å². The van der Waals surface area contributed by atoms with Crippen LogP contribution in [0.4, 0.5) is 0 Å². The van der Waals surface area contributed by atoms with Gasteiger partial charge in [-0.25, -0.2) is 0 Å². The Morgan fingerprint density at radius 2 is 1.48 bits per heavy atom. The molecule has 1 fully saturated rings. The molecule has 0 unspecified atom stereocenters. The number of hydrogen-bond acceptors (Lipinski definition) is 4. The first-order chi connectivity index (χ1) is 12.2. The standard InChI is InChI=1S/C21H21NO3/c1-25-19-12-18-17(11-14(19)13-22-9-5-2-6-10-22)20(23)15-7-3-4-8-16(15)21(18)24/h3-4,7-8,11-12H,2,5-6,9-10,13H2,1H3. The Balaban J connectivity index is 1.76. The molecule has 1 aliphatic carbocycles. The maximum Gasteiger partial charge on any atom is 0.194 e. The second-order valence-electron chi connectivity index (χ2n) is 6.75. The number of carbonyl (C=O) groups is 2. The Labute approximate surface area is 147 Å². The number of piperidine rings is 1. The summed E-state index contributed by atoms with van der Waals surface area (Å²) in [5.74, 6) is 0.505. The molecule has 0 radical (unpaired) electrons. The summed E-state index contributed by atoms with van der Waals surface area (Å²) >= 11 is 0. The van der Waals surface area contributed by atoms with E-state index in [9.17, 15) is 9.59 Å². The Morgan fingerprint density at radius 3 is 2.08 bits per heavy atom. The lowest BCUT2D eigenvalue weighted by atomic mass is 9.83. The number of ketones is 2. The highest BCUT2D eigenvalue weighted by atomic mass is 16.5. The van der Waals surface area contributed by atoms with Gasteiger partial charge in [0.25, 0.3) is 0 Å². The van der Waals surface area contributed by atoms with E-state index in [-0.39, 0.29) is 11.6 Å². The van der Waals surface area contributed by atoms with Gasteiger partial charge < -0.3 is 4.74 Å². The summed E-state index contributed by atoms with van der Waals surface area (Å²) in [5, 5.41) is 0. The van der Waals surface area contributed by atoms with E-state index in [1.54, 1.807) is 37.4 Å². The molecule has 1 saturated heterocycles. The van der Waals surface area contributed by atoms with E-state index < -0.39 is 0 Å². The molecular weight excluding hydrogens is 314 g/mol. The number of ether oxygens (including phenoxy) is 1. The average molecular weight is 335 g/mol. The summed E-state index contributed by atoms with van der Waals surface area (Å²) in [6, 6.07) is 10.6. The number of fused-ring (bicyclic) bond motifs is 2. The summed E-state index contributed by atoms with van der Waals surface area (Å²) in [6.45, 7) is 2.88. The van der Waals surface area contributed by atoms with E-state index in [1.165, 1.54) is 19.3 Å². The SMILES string of the molecule is COc1cc2c(cc1CN1CCCCC1)C(=O)c1ccccc1C2=O. The minimum atomic E-state index is -0.104. The Bertz CT molecular complexity index is 850. The van der Waals surface area contributed by atoms with Crippen molar-refractivity contribution in [1.82, 2.24) is 4.90 Å². The zero-order chi connectivity index (χ0) is 17.4. The third-order valence-corrected chi connectivity index (χ3v) is 5.17. The van der Waals surface area contributed by atoms with Gasteiger partial charge in [0.2, 0.25) is 0 Å². The molecule has 0 atom stereocenters. The largest absolute Gasteiger partial charge is 0.496 e. The zero-order valence-corrected chi connectivity index (χ0v) is 14.4. The van der Waals surface area contributed by atoms with Crippen molar-refractivity contribution in [1.29, 1.82) is 0 Å². The normalized spacial score (nSPS) is 17.2. The van der Waals surface area contributed by atoms with Crippen LogP contribution in [0.2, 0.25) is 0 Å². The molecule has 0 saturated carbocycles. The summed E-state index contributed by atoms with van der Waals surface area (Å²) in [6.07, 6.45) is 3.69. The molecule has 1 aliphatic heterocycles. The molecule has 0 N–H and O–H groups in total. The first kappa shape index (κ1) is 16.0. The van der Waals surface area contributed by atoms with E-state index in [0.717, 1.165) is 25.2 Å². The molecule has 25 heavy (non-hydrogen) atoms. The summed E-state index contributed by atoms with van der Waals surface area (Å²) < 4.78 is 5.53. The monoisotopic (exact) mass is 335 g/mol. The number of rotatable bonds is 3. The van der Waals surface area contributed by atoms with E-state index in [0.29, 0.717) is 28.0 Å². The van der Waals surface area contributed by atoms with Crippen molar-refractivity contribution in [3.05, 3.63) is 64.2 Å². The quantitative estimate of drug-likeness (QED) is 0.735. The van der Waals surface area contributed by atoms with Crippen molar-refractivity contribution in [2.75, 3.05) is 20.2 Å². The van der Waals surface area contributed by atoms with Crippen molar-refractivity contribution in [3.8, 4) is 5.75 Å². The van der Waals surface area contributed by atoms with Crippen LogP contribution in [-0.2, 0) is 6.54 Å². The zero-order valence-electron chi connectivity index (χ0n) is 14.4.